The molecule has 0 nitrogen and oxygen atoms in total. The molecule has 2 atom stereocenters. The minimum atomic E-state index is -3.77. The monoisotopic (exact) mass is 649 g/mol. The number of benzene rings is 3. The molecule has 1 heteroatoms. The summed E-state index contributed by atoms with van der Waals surface area (Å²) in [6.07, 6.45) is 6.24. The zero-order chi connectivity index (χ0) is 31.9. The Morgan fingerprint density at radius 2 is 1.35 bits per heavy atom. The van der Waals surface area contributed by atoms with Crippen LogP contribution in [-0.4, -0.2) is 4.21 Å². The summed E-state index contributed by atoms with van der Waals surface area (Å²) in [4.78, 5) is 0. The SMILES string of the molecule is [CH2]=[Zr]([C]1=CC(C(C)(C)C)=CC1C(C)C)([c]1ccccc1)[c]1c(C)c(C(C)(C)C)cc2c1Cc1cc(C)c(C(C)(C)C)cc1-2. The summed E-state index contributed by atoms with van der Waals surface area (Å²) in [6.45, 7) is 30.9. The first-order chi connectivity index (χ1) is 19.8. The Hall–Kier alpha value is -2.11. The van der Waals surface area contributed by atoms with Gasteiger partial charge in [0.15, 0.2) is 0 Å². The molecule has 0 radical (unpaired) electrons. The number of rotatable bonds is 4. The van der Waals surface area contributed by atoms with E-state index in [2.05, 4.69) is 151 Å². The van der Waals surface area contributed by atoms with Crippen LogP contribution in [0, 0.1) is 31.1 Å². The van der Waals surface area contributed by atoms with Gasteiger partial charge < -0.3 is 0 Å². The first-order valence-electron chi connectivity index (χ1n) is 16.4. The van der Waals surface area contributed by atoms with Crippen molar-refractivity contribution in [3.63, 3.8) is 0 Å². The Morgan fingerprint density at radius 1 is 0.767 bits per heavy atom. The van der Waals surface area contributed by atoms with Crippen molar-refractivity contribution in [1.29, 1.82) is 0 Å². The Kier molecular flexibility index (Phi) is 8.08. The van der Waals surface area contributed by atoms with Crippen LogP contribution in [0.4, 0.5) is 0 Å². The molecule has 227 valence electrons. The quantitative estimate of drug-likeness (QED) is 0.206. The molecule has 0 aromatic heterocycles. The van der Waals surface area contributed by atoms with Crippen LogP contribution in [0.1, 0.15) is 110 Å². The molecular weight excluding hydrogens is 596 g/mol. The zero-order valence-electron chi connectivity index (χ0n) is 29.3. The second-order valence-electron chi connectivity index (χ2n) is 17.0. The summed E-state index contributed by atoms with van der Waals surface area (Å²) < 4.78 is 10.3. The maximum atomic E-state index is 5.55. The Morgan fingerprint density at radius 3 is 1.88 bits per heavy atom. The maximum absolute atomic E-state index is 5.55. The van der Waals surface area contributed by atoms with Gasteiger partial charge in [-0.2, -0.15) is 0 Å². The molecule has 0 bridgehead atoms. The van der Waals surface area contributed by atoms with E-state index in [4.69, 9.17) is 4.21 Å². The van der Waals surface area contributed by atoms with E-state index in [-0.39, 0.29) is 16.2 Å². The van der Waals surface area contributed by atoms with Crippen LogP contribution in [0.5, 0.6) is 0 Å². The predicted octanol–water partition coefficient (Wildman–Crippen LogP) is 10.1. The molecule has 0 saturated carbocycles. The van der Waals surface area contributed by atoms with Crippen molar-refractivity contribution in [3.8, 4) is 11.1 Å². The van der Waals surface area contributed by atoms with Crippen LogP contribution < -0.4 is 6.54 Å². The van der Waals surface area contributed by atoms with Crippen molar-refractivity contribution in [2.24, 2.45) is 17.3 Å². The van der Waals surface area contributed by atoms with Gasteiger partial charge in [0.05, 0.1) is 0 Å². The van der Waals surface area contributed by atoms with Crippen molar-refractivity contribution in [1.82, 2.24) is 0 Å². The summed E-state index contributed by atoms with van der Waals surface area (Å²) in [7, 11) is 0. The summed E-state index contributed by atoms with van der Waals surface area (Å²) in [5.41, 5.74) is 13.6. The average molecular weight is 651 g/mol. The molecule has 43 heavy (non-hydrogen) atoms. The van der Waals surface area contributed by atoms with E-state index in [1.165, 1.54) is 47.8 Å². The predicted molar refractivity (Wildman–Crippen MR) is 188 cm³/mol. The molecule has 3 aromatic carbocycles. The number of fused-ring (bicyclic) bond motifs is 3. The van der Waals surface area contributed by atoms with Gasteiger partial charge in [0.2, 0.25) is 0 Å². The normalized spacial score (nSPS) is 18.3. The van der Waals surface area contributed by atoms with Crippen LogP contribution in [0.15, 0.2) is 69.5 Å². The van der Waals surface area contributed by atoms with Gasteiger partial charge in [-0.25, -0.2) is 0 Å². The van der Waals surface area contributed by atoms with Gasteiger partial charge in [0.25, 0.3) is 0 Å². The summed E-state index contributed by atoms with van der Waals surface area (Å²) in [5.74, 6) is 0.954. The van der Waals surface area contributed by atoms with E-state index in [0.29, 0.717) is 11.8 Å². The molecule has 3 aromatic rings. The summed E-state index contributed by atoms with van der Waals surface area (Å²) in [6, 6.07) is 19.1. The zero-order valence-corrected chi connectivity index (χ0v) is 31.8. The molecule has 2 aliphatic carbocycles. The van der Waals surface area contributed by atoms with Gasteiger partial charge in [0.1, 0.15) is 0 Å². The van der Waals surface area contributed by atoms with Crippen molar-refractivity contribution < 1.29 is 19.8 Å². The van der Waals surface area contributed by atoms with Crippen LogP contribution in [0.2, 0.25) is 0 Å². The van der Waals surface area contributed by atoms with Gasteiger partial charge in [-0.15, -0.1) is 0 Å². The Labute approximate surface area is 267 Å². The second-order valence-corrected chi connectivity index (χ2v) is 25.5. The minimum absolute atomic E-state index is 0.0357. The first kappa shape index (κ1) is 32.3. The van der Waals surface area contributed by atoms with E-state index in [1.807, 2.05) is 0 Å². The summed E-state index contributed by atoms with van der Waals surface area (Å²) >= 11 is -3.77. The third-order valence-corrected chi connectivity index (χ3v) is 20.8. The van der Waals surface area contributed by atoms with Crippen molar-refractivity contribution in [2.75, 3.05) is 0 Å². The van der Waals surface area contributed by atoms with E-state index in [0.717, 1.165) is 6.42 Å². The van der Waals surface area contributed by atoms with Gasteiger partial charge in [-0.05, 0) is 0 Å². The molecule has 0 amide bonds. The van der Waals surface area contributed by atoms with Crippen LogP contribution >= 0.6 is 0 Å². The van der Waals surface area contributed by atoms with Crippen molar-refractivity contribution in [2.45, 2.75) is 107 Å². The average Bonchev–Trinajstić information content (AvgIpc) is 3.49. The molecular formula is C42H55Zr. The fourth-order valence-electron chi connectivity index (χ4n) is 7.98. The van der Waals surface area contributed by atoms with Crippen LogP contribution in [0.3, 0.4) is 0 Å². The standard InChI is InChI=1S/C23H29.C12H19.C6H5.CH2.Zr/c1-14-9-16-11-17-10-15(2)21(23(6,7)8)13-19(17)18(16)12-20(14)22(3,4)5;1-9(2)10-6-7-11(8-10)12(3,4)5;1-2-4-6-5-3-1;;/h9,12-13H,11H2,1-8H3;7-10H,1-5H3;1-5H;1H2;. The van der Waals surface area contributed by atoms with E-state index in [9.17, 15) is 0 Å². The van der Waals surface area contributed by atoms with Gasteiger partial charge in [-0.1, -0.05) is 0 Å². The van der Waals surface area contributed by atoms with Gasteiger partial charge in [0, 0.05) is 0 Å². The fraction of sp³-hybridized carbons (Fsp3) is 0.452. The Bertz CT molecular complexity index is 1680. The molecule has 0 N–H and O–H groups in total. The van der Waals surface area contributed by atoms with E-state index in [1.54, 1.807) is 12.1 Å². The van der Waals surface area contributed by atoms with E-state index >= 15 is 0 Å². The van der Waals surface area contributed by atoms with Crippen LogP contribution in [-0.2, 0) is 37.0 Å². The first-order valence-corrected chi connectivity index (χ1v) is 21.9. The molecule has 2 aliphatic rings. The van der Waals surface area contributed by atoms with Crippen LogP contribution in [0.25, 0.3) is 11.1 Å². The third-order valence-electron chi connectivity index (χ3n) is 10.2. The van der Waals surface area contributed by atoms with Gasteiger partial charge in [-0.3, -0.25) is 0 Å². The van der Waals surface area contributed by atoms with Crippen molar-refractivity contribution >= 4 is 10.8 Å². The summed E-state index contributed by atoms with van der Waals surface area (Å²) in [5, 5.41) is 0. The molecule has 0 fully saturated rings. The topological polar surface area (TPSA) is 0 Å². The number of hydrogen-bond donors (Lipinski definition) is 0. The molecule has 5 rings (SSSR count). The molecule has 0 saturated heterocycles. The molecule has 0 aliphatic heterocycles. The van der Waals surface area contributed by atoms with Gasteiger partial charge >= 0.3 is 269 Å². The third kappa shape index (κ3) is 5.52. The number of aryl methyl sites for hydroxylation is 1. The molecule has 2 unspecified atom stereocenters. The Balaban J connectivity index is 1.92. The molecule has 0 spiro atoms. The fourth-order valence-corrected chi connectivity index (χ4v) is 19.2. The number of hydrogen-bond acceptors (Lipinski definition) is 0. The van der Waals surface area contributed by atoms with Crippen molar-refractivity contribution in [3.05, 3.63) is 103 Å². The molecule has 0 heterocycles. The second kappa shape index (κ2) is 10.8. The number of allylic oxidation sites excluding steroid dienone is 4. The van der Waals surface area contributed by atoms with E-state index < -0.39 is 19.8 Å².